The van der Waals surface area contributed by atoms with E-state index < -0.39 is 0 Å². The van der Waals surface area contributed by atoms with Crippen molar-refractivity contribution >= 4 is 0 Å². The van der Waals surface area contributed by atoms with Gasteiger partial charge in [-0.2, -0.15) is 0 Å². The molecule has 0 aromatic heterocycles. The zero-order chi connectivity index (χ0) is 22.5. The van der Waals surface area contributed by atoms with Crippen LogP contribution in [0, 0.1) is 11.8 Å². The fourth-order valence-corrected chi connectivity index (χ4v) is 1.28. The summed E-state index contributed by atoms with van der Waals surface area (Å²) in [4.78, 5) is 0. The van der Waals surface area contributed by atoms with E-state index in [4.69, 9.17) is 15.3 Å². The number of hydrogen-bond donors (Lipinski definition) is 3. The maximum atomic E-state index is 8.63. The van der Waals surface area contributed by atoms with Crippen LogP contribution in [0.15, 0.2) is 91.0 Å². The summed E-state index contributed by atoms with van der Waals surface area (Å²) in [6, 6.07) is 26.1. The normalized spacial score (nSPS) is 8.69. The van der Waals surface area contributed by atoms with Gasteiger partial charge >= 0.3 is 0 Å². The van der Waals surface area contributed by atoms with Crippen molar-refractivity contribution in [2.24, 2.45) is 11.8 Å². The van der Waals surface area contributed by atoms with Gasteiger partial charge < -0.3 is 15.3 Å². The number of phenolic OH excluding ortho intramolecular Hbond substituents is 3. The Bertz CT molecular complexity index is 565. The van der Waals surface area contributed by atoms with E-state index in [0.717, 1.165) is 11.8 Å². The van der Waals surface area contributed by atoms with Gasteiger partial charge in [-0.05, 0) is 48.2 Å². The van der Waals surface area contributed by atoms with E-state index >= 15 is 0 Å². The van der Waals surface area contributed by atoms with E-state index in [1.54, 1.807) is 72.8 Å². The van der Waals surface area contributed by atoms with Gasteiger partial charge in [0.2, 0.25) is 0 Å². The predicted octanol–water partition coefficient (Wildman–Crippen LogP) is 7.50. The summed E-state index contributed by atoms with van der Waals surface area (Å²) in [6.07, 6.45) is 0. The van der Waals surface area contributed by atoms with Gasteiger partial charge in [-0.3, -0.25) is 0 Å². The quantitative estimate of drug-likeness (QED) is 0.367. The second kappa shape index (κ2) is 19.8. The molecule has 0 fully saturated rings. The van der Waals surface area contributed by atoms with E-state index in [9.17, 15) is 0 Å². The van der Waals surface area contributed by atoms with Gasteiger partial charge in [0, 0.05) is 0 Å². The number of para-hydroxylation sites is 3. The van der Waals surface area contributed by atoms with Crippen LogP contribution in [0.4, 0.5) is 0 Å². The van der Waals surface area contributed by atoms with Crippen molar-refractivity contribution in [3.63, 3.8) is 0 Å². The van der Waals surface area contributed by atoms with Gasteiger partial charge in [0.1, 0.15) is 17.2 Å². The molecule has 0 atom stereocenters. The van der Waals surface area contributed by atoms with Crippen LogP contribution in [-0.4, -0.2) is 15.3 Å². The summed E-state index contributed by atoms with van der Waals surface area (Å²) in [5, 5.41) is 25.9. The van der Waals surface area contributed by atoms with Crippen molar-refractivity contribution < 1.29 is 15.3 Å². The number of benzene rings is 3. The maximum absolute atomic E-state index is 8.63. The molecule has 0 bridgehead atoms. The highest BCUT2D eigenvalue weighted by atomic mass is 16.3. The lowest BCUT2D eigenvalue weighted by atomic mass is 10.3. The summed E-state index contributed by atoms with van der Waals surface area (Å²) < 4.78 is 0. The zero-order valence-corrected chi connectivity index (χ0v) is 18.7. The Morgan fingerprint density at radius 1 is 0.379 bits per heavy atom. The molecule has 3 rings (SSSR count). The molecule has 0 unspecified atom stereocenters. The van der Waals surface area contributed by atoms with Crippen LogP contribution < -0.4 is 0 Å². The molecule has 3 N–H and O–H groups in total. The van der Waals surface area contributed by atoms with Crippen LogP contribution in [-0.2, 0) is 0 Å². The molecule has 0 aliphatic carbocycles. The monoisotopic (exact) mass is 398 g/mol. The average Bonchev–Trinajstić information content (AvgIpc) is 2.64. The second-order valence-corrected chi connectivity index (χ2v) is 7.47. The van der Waals surface area contributed by atoms with Crippen LogP contribution in [0.25, 0.3) is 0 Å². The highest BCUT2D eigenvalue weighted by molar-refractivity contribution is 5.19. The molecule has 0 radical (unpaired) electrons. The predicted molar refractivity (Wildman–Crippen MR) is 125 cm³/mol. The summed E-state index contributed by atoms with van der Waals surface area (Å²) in [6.45, 7) is 13.0. The Morgan fingerprint density at radius 2 is 0.517 bits per heavy atom. The van der Waals surface area contributed by atoms with Crippen LogP contribution in [0.2, 0.25) is 0 Å². The lowest BCUT2D eigenvalue weighted by Gasteiger charge is -1.82. The number of aromatic hydroxyl groups is 3. The van der Waals surface area contributed by atoms with E-state index in [1.807, 2.05) is 18.2 Å². The Morgan fingerprint density at radius 3 is 0.586 bits per heavy atom. The van der Waals surface area contributed by atoms with E-state index in [0.29, 0.717) is 17.2 Å². The molecule has 160 valence electrons. The van der Waals surface area contributed by atoms with E-state index in [2.05, 4.69) is 41.5 Å². The molecule has 3 aromatic rings. The average molecular weight is 399 g/mol. The molecule has 0 heterocycles. The first kappa shape index (κ1) is 28.3. The molecule has 0 saturated heterocycles. The second-order valence-electron chi connectivity index (χ2n) is 7.47. The van der Waals surface area contributed by atoms with Crippen LogP contribution in [0.1, 0.15) is 41.5 Å². The minimum Gasteiger partial charge on any atom is -0.508 e. The lowest BCUT2D eigenvalue weighted by Crippen LogP contribution is -1.66. The van der Waals surface area contributed by atoms with Gasteiger partial charge in [0.25, 0.3) is 0 Å². The SMILES string of the molecule is CC(C)C.CC(C)C.Oc1ccccc1.Oc1ccccc1.Oc1ccccc1. The molecule has 0 aliphatic rings. The standard InChI is InChI=1S/3C6H6O.2C4H10/c3*7-6-4-2-1-3-5-6;2*1-4(2)3/h3*1-5,7H;2*4H,1-3H3. The molecule has 0 aliphatic heterocycles. The topological polar surface area (TPSA) is 60.7 Å². The van der Waals surface area contributed by atoms with Crippen molar-refractivity contribution in [2.45, 2.75) is 41.5 Å². The molecule has 3 nitrogen and oxygen atoms in total. The van der Waals surface area contributed by atoms with Gasteiger partial charge in [-0.25, -0.2) is 0 Å². The molecule has 0 saturated carbocycles. The Hall–Kier alpha value is -2.94. The number of rotatable bonds is 0. The first-order valence-electron chi connectivity index (χ1n) is 9.87. The minimum atomic E-state index is 0.322. The molecular formula is C26H38O3. The van der Waals surface area contributed by atoms with E-state index in [-0.39, 0.29) is 0 Å². The summed E-state index contributed by atoms with van der Waals surface area (Å²) in [5.41, 5.74) is 0. The first-order valence-corrected chi connectivity index (χ1v) is 9.87. The third-order valence-corrected chi connectivity index (χ3v) is 2.27. The number of hydrogen-bond acceptors (Lipinski definition) is 3. The van der Waals surface area contributed by atoms with Crippen molar-refractivity contribution in [1.82, 2.24) is 0 Å². The minimum absolute atomic E-state index is 0.322. The molecule has 3 heteroatoms. The van der Waals surface area contributed by atoms with Crippen molar-refractivity contribution in [1.29, 1.82) is 0 Å². The van der Waals surface area contributed by atoms with E-state index in [1.165, 1.54) is 0 Å². The van der Waals surface area contributed by atoms with Crippen LogP contribution in [0.3, 0.4) is 0 Å². The van der Waals surface area contributed by atoms with Gasteiger partial charge in [-0.15, -0.1) is 0 Å². The van der Waals surface area contributed by atoms with Crippen molar-refractivity contribution in [2.75, 3.05) is 0 Å². The fraction of sp³-hybridized carbons (Fsp3) is 0.308. The zero-order valence-electron chi connectivity index (χ0n) is 18.7. The molecular weight excluding hydrogens is 360 g/mol. The molecule has 0 amide bonds. The maximum Gasteiger partial charge on any atom is 0.115 e. The number of phenols is 3. The summed E-state index contributed by atoms with van der Waals surface area (Å²) in [7, 11) is 0. The smallest absolute Gasteiger partial charge is 0.115 e. The van der Waals surface area contributed by atoms with Gasteiger partial charge in [0.15, 0.2) is 0 Å². The van der Waals surface area contributed by atoms with Crippen LogP contribution in [0.5, 0.6) is 17.2 Å². The van der Waals surface area contributed by atoms with Gasteiger partial charge in [0.05, 0.1) is 0 Å². The van der Waals surface area contributed by atoms with Crippen molar-refractivity contribution in [3.8, 4) is 17.2 Å². The van der Waals surface area contributed by atoms with Crippen molar-refractivity contribution in [3.05, 3.63) is 91.0 Å². The Balaban J connectivity index is 0. The van der Waals surface area contributed by atoms with Gasteiger partial charge in [-0.1, -0.05) is 96.1 Å². The third-order valence-electron chi connectivity index (χ3n) is 2.27. The fourth-order valence-electron chi connectivity index (χ4n) is 1.28. The Labute approximate surface area is 177 Å². The molecule has 3 aromatic carbocycles. The lowest BCUT2D eigenvalue weighted by molar-refractivity contribution is 0.475. The van der Waals surface area contributed by atoms with Crippen LogP contribution >= 0.6 is 0 Å². The molecule has 0 spiro atoms. The highest BCUT2D eigenvalue weighted by Gasteiger charge is 1.76. The third kappa shape index (κ3) is 30.0. The summed E-state index contributed by atoms with van der Waals surface area (Å²) in [5.74, 6) is 2.63. The molecule has 29 heavy (non-hydrogen) atoms. The summed E-state index contributed by atoms with van der Waals surface area (Å²) >= 11 is 0. The first-order chi connectivity index (χ1) is 13.6. The highest BCUT2D eigenvalue weighted by Crippen LogP contribution is 2.04. The largest absolute Gasteiger partial charge is 0.508 e. The Kier molecular flexibility index (Phi) is 19.3.